The van der Waals surface area contributed by atoms with E-state index in [-0.39, 0.29) is 18.2 Å². The van der Waals surface area contributed by atoms with Crippen LogP contribution in [0.25, 0.3) is 0 Å². The lowest BCUT2D eigenvalue weighted by Gasteiger charge is -2.27. The van der Waals surface area contributed by atoms with Gasteiger partial charge in [-0.25, -0.2) is 9.59 Å². The van der Waals surface area contributed by atoms with E-state index in [1.54, 1.807) is 4.90 Å². The summed E-state index contributed by atoms with van der Waals surface area (Å²) in [6.07, 6.45) is 1.18. The molecule has 0 radical (unpaired) electrons. The van der Waals surface area contributed by atoms with E-state index in [9.17, 15) is 9.59 Å². The normalized spacial score (nSPS) is 22.5. The quantitative estimate of drug-likeness (QED) is 0.767. The first-order chi connectivity index (χ1) is 8.95. The molecular formula is C13H24N2O4. The summed E-state index contributed by atoms with van der Waals surface area (Å²) in [5, 5.41) is 11.6. The van der Waals surface area contributed by atoms with Crippen molar-refractivity contribution in [2.24, 2.45) is 0 Å². The number of carboxylic acid groups (broad SMARTS) is 1. The predicted octanol–water partition coefficient (Wildman–Crippen LogP) is 1.45. The highest BCUT2D eigenvalue weighted by Gasteiger charge is 2.30. The predicted molar refractivity (Wildman–Crippen MR) is 71.1 cm³/mol. The van der Waals surface area contributed by atoms with Crippen molar-refractivity contribution in [3.63, 3.8) is 0 Å². The van der Waals surface area contributed by atoms with Crippen molar-refractivity contribution in [1.82, 2.24) is 10.2 Å². The van der Waals surface area contributed by atoms with E-state index in [4.69, 9.17) is 9.84 Å². The van der Waals surface area contributed by atoms with Gasteiger partial charge in [-0.05, 0) is 33.1 Å². The molecule has 1 aliphatic heterocycles. The van der Waals surface area contributed by atoms with Gasteiger partial charge < -0.3 is 20.1 Å². The second-order valence-corrected chi connectivity index (χ2v) is 5.14. The molecule has 2 atom stereocenters. The molecule has 2 amide bonds. The molecule has 0 aromatic rings. The van der Waals surface area contributed by atoms with Gasteiger partial charge >= 0.3 is 12.0 Å². The van der Waals surface area contributed by atoms with Crippen LogP contribution in [-0.4, -0.2) is 53.3 Å². The second kappa shape index (κ2) is 7.33. The molecule has 1 saturated heterocycles. The number of carboxylic acids is 1. The Hall–Kier alpha value is -1.30. The molecule has 1 rings (SSSR count). The number of nitrogens with one attached hydrogen (secondary N) is 1. The lowest BCUT2D eigenvalue weighted by Crippen LogP contribution is -2.46. The van der Waals surface area contributed by atoms with Crippen LogP contribution in [0, 0.1) is 0 Å². The number of carbonyl (C=O) groups excluding carboxylic acids is 1. The minimum Gasteiger partial charge on any atom is -0.479 e. The second-order valence-electron chi connectivity index (χ2n) is 5.14. The van der Waals surface area contributed by atoms with Crippen LogP contribution in [0.3, 0.4) is 0 Å². The third-order valence-corrected chi connectivity index (χ3v) is 3.21. The summed E-state index contributed by atoms with van der Waals surface area (Å²) in [5.74, 6) is -0.927. The molecule has 1 fully saturated rings. The van der Waals surface area contributed by atoms with Crippen molar-refractivity contribution in [2.45, 2.75) is 58.3 Å². The molecule has 110 valence electrons. The number of hydrogen-bond donors (Lipinski definition) is 2. The van der Waals surface area contributed by atoms with Gasteiger partial charge in [-0.2, -0.15) is 0 Å². The Labute approximate surface area is 114 Å². The number of nitrogens with zero attached hydrogens (tertiary/aromatic N) is 1. The first-order valence-corrected chi connectivity index (χ1v) is 6.88. The number of hydrogen-bond acceptors (Lipinski definition) is 3. The van der Waals surface area contributed by atoms with Crippen LogP contribution in [0.5, 0.6) is 0 Å². The van der Waals surface area contributed by atoms with Gasteiger partial charge in [0.25, 0.3) is 0 Å². The number of rotatable bonds is 6. The topological polar surface area (TPSA) is 78.9 Å². The van der Waals surface area contributed by atoms with E-state index in [0.717, 1.165) is 6.42 Å². The van der Waals surface area contributed by atoms with Crippen LogP contribution in [-0.2, 0) is 9.53 Å². The third kappa shape index (κ3) is 4.70. The molecule has 6 nitrogen and oxygen atoms in total. The molecule has 0 aromatic heterocycles. The minimum absolute atomic E-state index is 0.112. The molecule has 19 heavy (non-hydrogen) atoms. The molecule has 0 aliphatic carbocycles. The van der Waals surface area contributed by atoms with Gasteiger partial charge in [0.2, 0.25) is 0 Å². The van der Waals surface area contributed by atoms with Gasteiger partial charge in [-0.1, -0.05) is 6.92 Å². The summed E-state index contributed by atoms with van der Waals surface area (Å²) in [7, 11) is 0. The molecule has 6 heteroatoms. The number of amides is 2. The number of urea groups is 1. The summed E-state index contributed by atoms with van der Waals surface area (Å²) in [4.78, 5) is 24.5. The molecule has 0 saturated carbocycles. The third-order valence-electron chi connectivity index (χ3n) is 3.21. The number of aliphatic carboxylic acids is 1. The SMILES string of the molecule is CCCN(C(=O)NCC1CCC(C(=O)O)O1)C(C)C. The van der Waals surface area contributed by atoms with Crippen LogP contribution < -0.4 is 5.32 Å². The summed E-state index contributed by atoms with van der Waals surface area (Å²) in [6, 6.07) is 0.0374. The molecule has 1 aliphatic rings. The largest absolute Gasteiger partial charge is 0.479 e. The number of ether oxygens (including phenoxy) is 1. The highest BCUT2D eigenvalue weighted by molar-refractivity contribution is 5.74. The Morgan fingerprint density at radius 3 is 2.58 bits per heavy atom. The first kappa shape index (κ1) is 15.8. The van der Waals surface area contributed by atoms with Gasteiger partial charge in [0.15, 0.2) is 6.10 Å². The zero-order chi connectivity index (χ0) is 14.4. The molecule has 0 spiro atoms. The maximum atomic E-state index is 12.0. The Kier molecular flexibility index (Phi) is 6.08. The highest BCUT2D eigenvalue weighted by Crippen LogP contribution is 2.19. The molecule has 2 N–H and O–H groups in total. The van der Waals surface area contributed by atoms with Crippen LogP contribution >= 0.6 is 0 Å². The first-order valence-electron chi connectivity index (χ1n) is 6.88. The van der Waals surface area contributed by atoms with E-state index in [2.05, 4.69) is 5.32 Å². The van der Waals surface area contributed by atoms with Crippen LogP contribution in [0.2, 0.25) is 0 Å². The Bertz CT molecular complexity index is 320. The van der Waals surface area contributed by atoms with Crippen molar-refractivity contribution in [2.75, 3.05) is 13.1 Å². The fourth-order valence-electron chi connectivity index (χ4n) is 2.18. The molecular weight excluding hydrogens is 248 g/mol. The molecule has 2 unspecified atom stereocenters. The van der Waals surface area contributed by atoms with Crippen molar-refractivity contribution in [3.8, 4) is 0 Å². The zero-order valence-corrected chi connectivity index (χ0v) is 11.9. The van der Waals surface area contributed by atoms with E-state index in [1.165, 1.54) is 0 Å². The number of carbonyl (C=O) groups is 2. The maximum absolute atomic E-state index is 12.0. The maximum Gasteiger partial charge on any atom is 0.332 e. The molecule has 0 bridgehead atoms. The van der Waals surface area contributed by atoms with Crippen LogP contribution in [0.1, 0.15) is 40.0 Å². The summed E-state index contributed by atoms with van der Waals surface area (Å²) in [5.41, 5.74) is 0. The van der Waals surface area contributed by atoms with Gasteiger partial charge in [-0.3, -0.25) is 0 Å². The van der Waals surface area contributed by atoms with Crippen LogP contribution in [0.4, 0.5) is 4.79 Å². The minimum atomic E-state index is -0.927. The lowest BCUT2D eigenvalue weighted by atomic mass is 10.2. The van der Waals surface area contributed by atoms with E-state index >= 15 is 0 Å². The molecule has 1 heterocycles. The van der Waals surface area contributed by atoms with E-state index in [0.29, 0.717) is 25.9 Å². The summed E-state index contributed by atoms with van der Waals surface area (Å²) < 4.78 is 5.34. The van der Waals surface area contributed by atoms with Gasteiger partial charge in [0, 0.05) is 19.1 Å². The lowest BCUT2D eigenvalue weighted by molar-refractivity contribution is -0.149. The summed E-state index contributed by atoms with van der Waals surface area (Å²) in [6.45, 7) is 7.06. The Balaban J connectivity index is 2.36. The monoisotopic (exact) mass is 272 g/mol. The standard InChI is InChI=1S/C13H24N2O4/c1-4-7-15(9(2)3)13(18)14-8-10-5-6-11(19-10)12(16)17/h9-11H,4-8H2,1-3H3,(H,14,18)(H,16,17). The molecule has 0 aromatic carbocycles. The zero-order valence-electron chi connectivity index (χ0n) is 11.9. The summed E-state index contributed by atoms with van der Waals surface area (Å²) >= 11 is 0. The van der Waals surface area contributed by atoms with E-state index in [1.807, 2.05) is 20.8 Å². The van der Waals surface area contributed by atoms with Crippen molar-refractivity contribution in [3.05, 3.63) is 0 Å². The fraction of sp³-hybridized carbons (Fsp3) is 0.846. The van der Waals surface area contributed by atoms with Gasteiger partial charge in [0.1, 0.15) is 0 Å². The van der Waals surface area contributed by atoms with Gasteiger partial charge in [0.05, 0.1) is 6.10 Å². The average molecular weight is 272 g/mol. The smallest absolute Gasteiger partial charge is 0.332 e. The van der Waals surface area contributed by atoms with Crippen molar-refractivity contribution < 1.29 is 19.4 Å². The fourth-order valence-corrected chi connectivity index (χ4v) is 2.18. The Morgan fingerprint density at radius 1 is 1.42 bits per heavy atom. The van der Waals surface area contributed by atoms with Crippen molar-refractivity contribution in [1.29, 1.82) is 0 Å². The van der Waals surface area contributed by atoms with Gasteiger partial charge in [-0.15, -0.1) is 0 Å². The Morgan fingerprint density at radius 2 is 2.11 bits per heavy atom. The van der Waals surface area contributed by atoms with E-state index < -0.39 is 12.1 Å². The van der Waals surface area contributed by atoms with Crippen molar-refractivity contribution >= 4 is 12.0 Å². The highest BCUT2D eigenvalue weighted by atomic mass is 16.5. The van der Waals surface area contributed by atoms with Crippen LogP contribution in [0.15, 0.2) is 0 Å². The average Bonchev–Trinajstić information content (AvgIpc) is 2.81.